The summed E-state index contributed by atoms with van der Waals surface area (Å²) in [6, 6.07) is 5.05. The van der Waals surface area contributed by atoms with E-state index in [1.807, 2.05) is 6.07 Å². The second-order valence-electron chi connectivity index (χ2n) is 6.27. The molecule has 4 N–H and O–H groups in total. The van der Waals surface area contributed by atoms with E-state index in [-0.39, 0.29) is 31.2 Å². The molecule has 2 amide bonds. The first-order chi connectivity index (χ1) is 12.5. The van der Waals surface area contributed by atoms with Crippen molar-refractivity contribution in [2.75, 3.05) is 20.3 Å². The van der Waals surface area contributed by atoms with Gasteiger partial charge in [0.2, 0.25) is 0 Å². The third-order valence-corrected chi connectivity index (χ3v) is 4.44. The van der Waals surface area contributed by atoms with Crippen molar-refractivity contribution in [2.24, 2.45) is 5.92 Å². The second kappa shape index (κ2) is 9.86. The van der Waals surface area contributed by atoms with Gasteiger partial charge in [0, 0.05) is 12.6 Å². The smallest absolute Gasteiger partial charge is 0.315 e. The van der Waals surface area contributed by atoms with Crippen LogP contribution in [0.15, 0.2) is 18.2 Å². The number of aliphatic carboxylic acids is 1. The monoisotopic (exact) mass is 366 g/mol. The molecule has 1 saturated carbocycles. The lowest BCUT2D eigenvalue weighted by atomic mass is 9.86. The molecule has 0 aliphatic heterocycles. The quantitative estimate of drug-likeness (QED) is 0.554. The van der Waals surface area contributed by atoms with Crippen molar-refractivity contribution in [3.8, 4) is 11.5 Å². The Morgan fingerprint density at radius 2 is 1.92 bits per heavy atom. The molecule has 0 unspecified atom stereocenters. The highest BCUT2D eigenvalue weighted by atomic mass is 16.5. The van der Waals surface area contributed by atoms with Gasteiger partial charge in [-0.05, 0) is 43.4 Å². The topological polar surface area (TPSA) is 117 Å². The Kier molecular flexibility index (Phi) is 7.53. The fourth-order valence-corrected chi connectivity index (χ4v) is 3.00. The first kappa shape index (κ1) is 19.8. The Balaban J connectivity index is 1.79. The van der Waals surface area contributed by atoms with Crippen molar-refractivity contribution in [3.63, 3.8) is 0 Å². The Labute approximate surface area is 152 Å². The first-order valence-corrected chi connectivity index (χ1v) is 8.71. The number of benzene rings is 1. The maximum atomic E-state index is 12.0. The summed E-state index contributed by atoms with van der Waals surface area (Å²) in [7, 11) is 1.53. The lowest BCUT2D eigenvalue weighted by molar-refractivity contribution is -0.142. The van der Waals surface area contributed by atoms with E-state index in [0.29, 0.717) is 43.7 Å². The Morgan fingerprint density at radius 1 is 1.19 bits per heavy atom. The standard InChI is InChI=1S/C18H26N2O6/c1-25-16-10-12(2-7-15(16)26-9-8-21)11-19-18(24)20-14-5-3-13(4-6-14)17(22)23/h2,7,10,13-14,21H,3-6,8-9,11H2,1H3,(H,22,23)(H2,19,20,24). The number of ether oxygens (including phenoxy) is 2. The molecule has 1 aromatic carbocycles. The number of aliphatic hydroxyl groups excluding tert-OH is 1. The minimum absolute atomic E-state index is 0.00870. The zero-order chi connectivity index (χ0) is 18.9. The number of carbonyl (C=O) groups excluding carboxylic acids is 1. The molecule has 0 radical (unpaired) electrons. The number of methoxy groups -OCH3 is 1. The number of urea groups is 1. The Bertz CT molecular complexity index is 614. The van der Waals surface area contributed by atoms with Crippen molar-refractivity contribution in [2.45, 2.75) is 38.3 Å². The molecule has 1 fully saturated rings. The lowest BCUT2D eigenvalue weighted by Crippen LogP contribution is -2.43. The normalized spacial score (nSPS) is 19.5. The number of carboxylic acid groups (broad SMARTS) is 1. The molecule has 1 aromatic rings. The fourth-order valence-electron chi connectivity index (χ4n) is 3.00. The highest BCUT2D eigenvalue weighted by Gasteiger charge is 2.26. The average molecular weight is 366 g/mol. The molecule has 26 heavy (non-hydrogen) atoms. The van der Waals surface area contributed by atoms with Crippen molar-refractivity contribution in [3.05, 3.63) is 23.8 Å². The number of rotatable bonds is 8. The van der Waals surface area contributed by atoms with Gasteiger partial charge in [0.15, 0.2) is 11.5 Å². The largest absolute Gasteiger partial charge is 0.493 e. The molecule has 0 aromatic heterocycles. The molecule has 0 atom stereocenters. The van der Waals surface area contributed by atoms with Crippen molar-refractivity contribution in [1.29, 1.82) is 0 Å². The number of hydrogen-bond acceptors (Lipinski definition) is 5. The van der Waals surface area contributed by atoms with Crippen LogP contribution in [0.2, 0.25) is 0 Å². The SMILES string of the molecule is COc1cc(CNC(=O)NC2CCC(C(=O)O)CC2)ccc1OCCO. The maximum Gasteiger partial charge on any atom is 0.315 e. The molecule has 8 nitrogen and oxygen atoms in total. The van der Waals surface area contributed by atoms with Crippen LogP contribution >= 0.6 is 0 Å². The average Bonchev–Trinajstić information content (AvgIpc) is 2.65. The summed E-state index contributed by atoms with van der Waals surface area (Å²) in [5.41, 5.74) is 0.850. The van der Waals surface area contributed by atoms with Crippen LogP contribution in [0, 0.1) is 5.92 Å². The van der Waals surface area contributed by atoms with E-state index >= 15 is 0 Å². The molecular formula is C18H26N2O6. The number of aliphatic hydroxyl groups is 1. The van der Waals surface area contributed by atoms with Crippen molar-refractivity contribution >= 4 is 12.0 Å². The van der Waals surface area contributed by atoms with Gasteiger partial charge in [-0.15, -0.1) is 0 Å². The second-order valence-corrected chi connectivity index (χ2v) is 6.27. The predicted molar refractivity (Wildman–Crippen MR) is 94.3 cm³/mol. The summed E-state index contributed by atoms with van der Waals surface area (Å²) in [4.78, 5) is 23.0. The Hall–Kier alpha value is -2.48. The number of carbonyl (C=O) groups is 2. The summed E-state index contributed by atoms with van der Waals surface area (Å²) < 4.78 is 10.6. The fraction of sp³-hybridized carbons (Fsp3) is 0.556. The zero-order valence-electron chi connectivity index (χ0n) is 14.9. The number of nitrogens with one attached hydrogen (secondary N) is 2. The Morgan fingerprint density at radius 3 is 2.54 bits per heavy atom. The highest BCUT2D eigenvalue weighted by Crippen LogP contribution is 2.28. The van der Waals surface area contributed by atoms with Gasteiger partial charge >= 0.3 is 12.0 Å². The van der Waals surface area contributed by atoms with Crippen LogP contribution in [0.25, 0.3) is 0 Å². The maximum absolute atomic E-state index is 12.0. The van der Waals surface area contributed by atoms with E-state index < -0.39 is 5.97 Å². The van der Waals surface area contributed by atoms with Crippen LogP contribution in [-0.2, 0) is 11.3 Å². The van der Waals surface area contributed by atoms with E-state index in [9.17, 15) is 9.59 Å². The lowest BCUT2D eigenvalue weighted by Gasteiger charge is -2.26. The molecule has 1 aliphatic rings. The summed E-state index contributed by atoms with van der Waals surface area (Å²) in [6.45, 7) is 0.425. The van der Waals surface area contributed by atoms with Gasteiger partial charge in [-0.25, -0.2) is 4.79 Å². The molecule has 0 spiro atoms. The summed E-state index contributed by atoms with van der Waals surface area (Å²) in [6.07, 6.45) is 2.53. The van der Waals surface area contributed by atoms with Crippen molar-refractivity contribution < 1.29 is 29.3 Å². The van der Waals surface area contributed by atoms with Gasteiger partial charge in [-0.2, -0.15) is 0 Å². The van der Waals surface area contributed by atoms with Gasteiger partial charge in [-0.3, -0.25) is 4.79 Å². The third kappa shape index (κ3) is 5.80. The van der Waals surface area contributed by atoms with Crippen LogP contribution in [0.3, 0.4) is 0 Å². The van der Waals surface area contributed by atoms with Crippen molar-refractivity contribution in [1.82, 2.24) is 10.6 Å². The van der Waals surface area contributed by atoms with E-state index in [1.54, 1.807) is 12.1 Å². The number of carboxylic acids is 1. The molecule has 0 heterocycles. The number of hydrogen-bond donors (Lipinski definition) is 4. The van der Waals surface area contributed by atoms with Crippen LogP contribution in [0.5, 0.6) is 11.5 Å². The van der Waals surface area contributed by atoms with Gasteiger partial charge in [0.05, 0.1) is 19.6 Å². The molecule has 8 heteroatoms. The molecular weight excluding hydrogens is 340 g/mol. The first-order valence-electron chi connectivity index (χ1n) is 8.71. The third-order valence-electron chi connectivity index (χ3n) is 4.44. The van der Waals surface area contributed by atoms with E-state index in [1.165, 1.54) is 7.11 Å². The molecule has 0 saturated heterocycles. The van der Waals surface area contributed by atoms with E-state index in [2.05, 4.69) is 10.6 Å². The van der Waals surface area contributed by atoms with Crippen LogP contribution in [0.4, 0.5) is 4.79 Å². The van der Waals surface area contributed by atoms with E-state index in [4.69, 9.17) is 19.7 Å². The van der Waals surface area contributed by atoms with Gasteiger partial charge < -0.3 is 30.3 Å². The van der Waals surface area contributed by atoms with Gasteiger partial charge in [-0.1, -0.05) is 6.07 Å². The molecule has 144 valence electrons. The van der Waals surface area contributed by atoms with Gasteiger partial charge in [0.1, 0.15) is 6.61 Å². The zero-order valence-corrected chi connectivity index (χ0v) is 14.9. The molecule has 1 aliphatic carbocycles. The highest BCUT2D eigenvalue weighted by molar-refractivity contribution is 5.74. The van der Waals surface area contributed by atoms with Crippen LogP contribution in [-0.4, -0.2) is 48.6 Å². The molecule has 0 bridgehead atoms. The van der Waals surface area contributed by atoms with Crippen LogP contribution < -0.4 is 20.1 Å². The number of amides is 2. The van der Waals surface area contributed by atoms with E-state index in [0.717, 1.165) is 5.56 Å². The minimum Gasteiger partial charge on any atom is -0.493 e. The summed E-state index contributed by atoms with van der Waals surface area (Å²) >= 11 is 0. The molecule has 2 rings (SSSR count). The predicted octanol–water partition coefficient (Wildman–Crippen LogP) is 1.51. The summed E-state index contributed by atoms with van der Waals surface area (Å²) in [5, 5.41) is 23.5. The van der Waals surface area contributed by atoms with Gasteiger partial charge in [0.25, 0.3) is 0 Å². The minimum atomic E-state index is -0.756. The van der Waals surface area contributed by atoms with Crippen LogP contribution in [0.1, 0.15) is 31.2 Å². The summed E-state index contributed by atoms with van der Waals surface area (Å²) in [5.74, 6) is 0.0125.